The zero-order valence-corrected chi connectivity index (χ0v) is 8.25. The first-order valence-electron chi connectivity index (χ1n) is 4.28. The van der Waals surface area contributed by atoms with Crippen LogP contribution in [0.4, 0.5) is 0 Å². The molecular formula is C8H19OP. The smallest absolute Gasteiger partial charge is 0.0648 e. The zero-order chi connectivity index (χ0) is 7.82. The standard InChI is InChI=1S/C8H19OP/c1-3-5-6-8(4-2)7-10-9/h8H,3-7,10H2,1-2H3. The summed E-state index contributed by atoms with van der Waals surface area (Å²) in [4.78, 5) is 0. The molecule has 0 saturated heterocycles. The SMILES string of the molecule is CCCCC(CC)C[PH2]=O. The summed E-state index contributed by atoms with van der Waals surface area (Å²) in [6, 6.07) is 0. The molecule has 0 bridgehead atoms. The molecule has 0 aliphatic heterocycles. The van der Waals surface area contributed by atoms with Crippen LogP contribution in [0.1, 0.15) is 39.5 Å². The molecule has 0 amide bonds. The molecule has 0 spiro atoms. The zero-order valence-electron chi connectivity index (χ0n) is 7.10. The Morgan fingerprint density at radius 3 is 2.50 bits per heavy atom. The molecule has 0 saturated carbocycles. The fourth-order valence-electron chi connectivity index (χ4n) is 1.12. The monoisotopic (exact) mass is 162 g/mol. The molecule has 0 aliphatic rings. The number of rotatable bonds is 6. The van der Waals surface area contributed by atoms with Crippen LogP contribution >= 0.6 is 8.46 Å². The summed E-state index contributed by atoms with van der Waals surface area (Å²) in [7, 11) is -0.508. The molecule has 0 aromatic rings. The van der Waals surface area contributed by atoms with E-state index in [1.807, 2.05) is 0 Å². The highest BCUT2D eigenvalue weighted by atomic mass is 31.1. The molecule has 2 atom stereocenters. The third-order valence-electron chi connectivity index (χ3n) is 1.97. The lowest BCUT2D eigenvalue weighted by molar-refractivity contribution is 0.491. The first-order chi connectivity index (χ1) is 4.85. The van der Waals surface area contributed by atoms with Gasteiger partial charge in [-0.2, -0.15) is 0 Å². The second-order valence-corrected chi connectivity index (χ2v) is 3.62. The van der Waals surface area contributed by atoms with Crippen LogP contribution in [-0.4, -0.2) is 6.16 Å². The summed E-state index contributed by atoms with van der Waals surface area (Å²) in [5.41, 5.74) is 0. The van der Waals surface area contributed by atoms with Gasteiger partial charge >= 0.3 is 0 Å². The van der Waals surface area contributed by atoms with Crippen molar-refractivity contribution in [2.75, 3.05) is 6.16 Å². The normalized spacial score (nSPS) is 14.6. The Hall–Kier alpha value is 0.230. The minimum atomic E-state index is -0.508. The summed E-state index contributed by atoms with van der Waals surface area (Å²) < 4.78 is 10.3. The molecule has 62 valence electrons. The van der Waals surface area contributed by atoms with E-state index in [1.54, 1.807) is 0 Å². The first kappa shape index (κ1) is 10.2. The van der Waals surface area contributed by atoms with Gasteiger partial charge in [0, 0.05) is 0 Å². The fraction of sp³-hybridized carbons (Fsp3) is 1.00. The second-order valence-electron chi connectivity index (χ2n) is 2.82. The summed E-state index contributed by atoms with van der Waals surface area (Å²) in [6.45, 7) is 4.40. The van der Waals surface area contributed by atoms with Gasteiger partial charge in [-0.1, -0.05) is 39.5 Å². The van der Waals surface area contributed by atoms with Crippen molar-refractivity contribution in [2.24, 2.45) is 5.92 Å². The molecule has 0 fully saturated rings. The molecule has 2 unspecified atom stereocenters. The minimum Gasteiger partial charge on any atom is -0.330 e. The lowest BCUT2D eigenvalue weighted by atomic mass is 10.0. The highest BCUT2D eigenvalue weighted by molar-refractivity contribution is 7.23. The van der Waals surface area contributed by atoms with E-state index in [9.17, 15) is 4.57 Å². The van der Waals surface area contributed by atoms with Gasteiger partial charge < -0.3 is 4.57 Å². The predicted octanol–water partition coefficient (Wildman–Crippen LogP) is 2.96. The molecule has 0 aliphatic carbocycles. The van der Waals surface area contributed by atoms with E-state index < -0.39 is 8.46 Å². The van der Waals surface area contributed by atoms with Crippen LogP contribution in [-0.2, 0) is 4.57 Å². The largest absolute Gasteiger partial charge is 0.330 e. The Kier molecular flexibility index (Phi) is 7.51. The van der Waals surface area contributed by atoms with Gasteiger partial charge in [0.05, 0.1) is 8.46 Å². The molecular weight excluding hydrogens is 143 g/mol. The summed E-state index contributed by atoms with van der Waals surface area (Å²) in [5.74, 6) is 0.743. The minimum absolute atomic E-state index is 0.508. The van der Waals surface area contributed by atoms with Crippen molar-refractivity contribution in [3.63, 3.8) is 0 Å². The Morgan fingerprint density at radius 2 is 2.10 bits per heavy atom. The average molecular weight is 162 g/mol. The van der Waals surface area contributed by atoms with Crippen molar-refractivity contribution >= 4 is 8.46 Å². The molecule has 0 radical (unpaired) electrons. The number of hydrogen-bond donors (Lipinski definition) is 0. The van der Waals surface area contributed by atoms with Crippen molar-refractivity contribution in [3.8, 4) is 0 Å². The molecule has 0 N–H and O–H groups in total. The van der Waals surface area contributed by atoms with Crippen molar-refractivity contribution in [1.82, 2.24) is 0 Å². The highest BCUT2D eigenvalue weighted by Crippen LogP contribution is 2.16. The molecule has 0 heterocycles. The van der Waals surface area contributed by atoms with E-state index in [0.717, 1.165) is 12.1 Å². The fourth-order valence-corrected chi connectivity index (χ4v) is 1.96. The molecule has 1 nitrogen and oxygen atoms in total. The van der Waals surface area contributed by atoms with Crippen LogP contribution in [0.25, 0.3) is 0 Å². The van der Waals surface area contributed by atoms with Crippen molar-refractivity contribution < 1.29 is 4.57 Å². The topological polar surface area (TPSA) is 17.1 Å². The van der Waals surface area contributed by atoms with Gasteiger partial charge in [-0.15, -0.1) is 0 Å². The van der Waals surface area contributed by atoms with E-state index >= 15 is 0 Å². The van der Waals surface area contributed by atoms with Crippen LogP contribution < -0.4 is 0 Å². The first-order valence-corrected chi connectivity index (χ1v) is 5.57. The quantitative estimate of drug-likeness (QED) is 0.549. The Morgan fingerprint density at radius 1 is 1.40 bits per heavy atom. The Labute approximate surface area is 65.4 Å². The van der Waals surface area contributed by atoms with Crippen LogP contribution in [0.5, 0.6) is 0 Å². The van der Waals surface area contributed by atoms with E-state index in [1.165, 1.54) is 25.7 Å². The van der Waals surface area contributed by atoms with Crippen LogP contribution in [0.15, 0.2) is 0 Å². The second kappa shape index (κ2) is 7.34. The average Bonchev–Trinajstić information content (AvgIpc) is 1.98. The van der Waals surface area contributed by atoms with Gasteiger partial charge in [0.1, 0.15) is 0 Å². The lowest BCUT2D eigenvalue weighted by Gasteiger charge is -2.09. The van der Waals surface area contributed by atoms with Crippen LogP contribution in [0, 0.1) is 5.92 Å². The van der Waals surface area contributed by atoms with Crippen molar-refractivity contribution in [2.45, 2.75) is 39.5 Å². The number of unbranched alkanes of at least 4 members (excludes halogenated alkanes) is 1. The summed E-state index contributed by atoms with van der Waals surface area (Å²) >= 11 is 0. The van der Waals surface area contributed by atoms with E-state index in [2.05, 4.69) is 13.8 Å². The maximum atomic E-state index is 10.3. The maximum Gasteiger partial charge on any atom is 0.0648 e. The third-order valence-corrected chi connectivity index (χ3v) is 2.83. The third kappa shape index (κ3) is 5.05. The molecule has 10 heavy (non-hydrogen) atoms. The van der Waals surface area contributed by atoms with Gasteiger partial charge in [0.15, 0.2) is 0 Å². The summed E-state index contributed by atoms with van der Waals surface area (Å²) in [6.07, 6.45) is 6.02. The van der Waals surface area contributed by atoms with E-state index in [0.29, 0.717) is 0 Å². The highest BCUT2D eigenvalue weighted by Gasteiger charge is 2.02. The van der Waals surface area contributed by atoms with Crippen molar-refractivity contribution in [1.29, 1.82) is 0 Å². The maximum absolute atomic E-state index is 10.3. The van der Waals surface area contributed by atoms with Gasteiger partial charge in [-0.3, -0.25) is 0 Å². The number of hydrogen-bond acceptors (Lipinski definition) is 1. The Balaban J connectivity index is 3.29. The van der Waals surface area contributed by atoms with Gasteiger partial charge in [-0.25, -0.2) is 0 Å². The Bertz CT molecular complexity index is 83.3. The van der Waals surface area contributed by atoms with Gasteiger partial charge in [-0.05, 0) is 12.1 Å². The van der Waals surface area contributed by atoms with E-state index in [4.69, 9.17) is 0 Å². The van der Waals surface area contributed by atoms with E-state index in [-0.39, 0.29) is 0 Å². The van der Waals surface area contributed by atoms with Gasteiger partial charge in [0.2, 0.25) is 0 Å². The molecule has 0 rings (SSSR count). The molecule has 0 aromatic heterocycles. The predicted molar refractivity (Wildman–Crippen MR) is 48.6 cm³/mol. The van der Waals surface area contributed by atoms with Gasteiger partial charge in [0.25, 0.3) is 0 Å². The summed E-state index contributed by atoms with van der Waals surface area (Å²) in [5, 5.41) is 0. The van der Waals surface area contributed by atoms with Crippen molar-refractivity contribution in [3.05, 3.63) is 0 Å². The lowest BCUT2D eigenvalue weighted by Crippen LogP contribution is -1.99. The molecule has 0 aromatic carbocycles. The molecule has 2 heteroatoms. The van der Waals surface area contributed by atoms with Crippen LogP contribution in [0.2, 0.25) is 0 Å². The van der Waals surface area contributed by atoms with Crippen LogP contribution in [0.3, 0.4) is 0 Å².